The van der Waals surface area contributed by atoms with E-state index in [2.05, 4.69) is 17.4 Å². The van der Waals surface area contributed by atoms with Gasteiger partial charge in [0.2, 0.25) is 0 Å². The van der Waals surface area contributed by atoms with Crippen molar-refractivity contribution in [1.82, 2.24) is 0 Å². The maximum atomic E-state index is 11.3. The number of Topliss-reactive ketones (excluding diaryl/α,β-unsaturated/α-hetero) is 1. The molecule has 3 rings (SSSR count). The minimum atomic E-state index is 0.0817. The van der Waals surface area contributed by atoms with Crippen LogP contribution in [0.15, 0.2) is 59.6 Å². The predicted octanol–water partition coefficient (Wildman–Crippen LogP) is 4.15. The summed E-state index contributed by atoms with van der Waals surface area (Å²) in [5.41, 5.74) is 2.93. The number of aliphatic imine (C=N–C) groups is 1. The van der Waals surface area contributed by atoms with E-state index >= 15 is 0 Å². The van der Waals surface area contributed by atoms with E-state index in [1.807, 2.05) is 42.5 Å². The molecular formula is C17H16N2OS. The van der Waals surface area contributed by atoms with E-state index in [-0.39, 0.29) is 11.8 Å². The fraction of sp³-hybridized carbons (Fsp3) is 0.176. The molecule has 1 heterocycles. The molecule has 0 radical (unpaired) electrons. The minimum Gasteiger partial charge on any atom is -0.335 e. The molecule has 0 fully saturated rings. The molecule has 0 amide bonds. The zero-order valence-electron chi connectivity index (χ0n) is 11.7. The van der Waals surface area contributed by atoms with Gasteiger partial charge in [0, 0.05) is 17.0 Å². The van der Waals surface area contributed by atoms with Gasteiger partial charge in [-0.05, 0) is 36.8 Å². The van der Waals surface area contributed by atoms with E-state index in [0.717, 1.165) is 22.2 Å². The van der Waals surface area contributed by atoms with Crippen molar-refractivity contribution in [2.45, 2.75) is 13.0 Å². The van der Waals surface area contributed by atoms with E-state index < -0.39 is 0 Å². The molecule has 106 valence electrons. The molecule has 2 aromatic rings. The van der Waals surface area contributed by atoms with Crippen molar-refractivity contribution in [2.24, 2.45) is 4.99 Å². The Morgan fingerprint density at radius 2 is 1.86 bits per heavy atom. The lowest BCUT2D eigenvalue weighted by atomic mass is 10.1. The molecule has 0 bridgehead atoms. The number of ketones is 1. The number of benzene rings is 2. The van der Waals surface area contributed by atoms with E-state index in [1.165, 1.54) is 5.56 Å². The van der Waals surface area contributed by atoms with Crippen LogP contribution in [0.1, 0.15) is 28.9 Å². The summed E-state index contributed by atoms with van der Waals surface area (Å²) < 4.78 is 0. The van der Waals surface area contributed by atoms with Crippen molar-refractivity contribution in [1.29, 1.82) is 0 Å². The van der Waals surface area contributed by atoms with Crippen molar-refractivity contribution < 1.29 is 4.79 Å². The van der Waals surface area contributed by atoms with Crippen LogP contribution in [-0.2, 0) is 0 Å². The van der Waals surface area contributed by atoms with Gasteiger partial charge in [-0.1, -0.05) is 42.1 Å². The van der Waals surface area contributed by atoms with Crippen molar-refractivity contribution in [2.75, 3.05) is 11.1 Å². The Labute approximate surface area is 128 Å². The van der Waals surface area contributed by atoms with Crippen LogP contribution in [0.25, 0.3) is 0 Å². The van der Waals surface area contributed by atoms with E-state index in [4.69, 9.17) is 4.99 Å². The monoisotopic (exact) mass is 296 g/mol. The number of hydrogen-bond donors (Lipinski definition) is 1. The zero-order chi connectivity index (χ0) is 14.7. The summed E-state index contributed by atoms with van der Waals surface area (Å²) in [7, 11) is 0. The molecule has 0 aliphatic carbocycles. The fourth-order valence-corrected chi connectivity index (χ4v) is 3.17. The molecule has 0 saturated heterocycles. The van der Waals surface area contributed by atoms with E-state index in [0.29, 0.717) is 0 Å². The van der Waals surface area contributed by atoms with Gasteiger partial charge < -0.3 is 5.32 Å². The summed E-state index contributed by atoms with van der Waals surface area (Å²) in [6.07, 6.45) is 0. The second-order valence-corrected chi connectivity index (χ2v) is 5.94. The lowest BCUT2D eigenvalue weighted by Gasteiger charge is -2.05. The maximum absolute atomic E-state index is 11.3. The lowest BCUT2D eigenvalue weighted by molar-refractivity contribution is 0.101. The molecule has 1 aliphatic rings. The minimum absolute atomic E-state index is 0.0817. The molecule has 3 nitrogen and oxygen atoms in total. The molecule has 1 aliphatic heterocycles. The Morgan fingerprint density at radius 1 is 1.14 bits per heavy atom. The molecule has 4 heteroatoms. The lowest BCUT2D eigenvalue weighted by Crippen LogP contribution is -2.05. The van der Waals surface area contributed by atoms with Crippen molar-refractivity contribution in [3.8, 4) is 0 Å². The first-order valence-corrected chi connectivity index (χ1v) is 7.84. The molecule has 0 aromatic heterocycles. The molecule has 1 N–H and O–H groups in total. The highest BCUT2D eigenvalue weighted by Crippen LogP contribution is 2.30. The standard InChI is InChI=1S/C17H16N2OS/c1-12(20)13-7-9-15(10-8-13)18-17-19-16(11-21-17)14-5-3-2-4-6-14/h2-10,16H,11H2,1H3,(H,18,19). The van der Waals surface area contributed by atoms with E-state index in [9.17, 15) is 4.79 Å². The van der Waals surface area contributed by atoms with Crippen LogP contribution in [0.2, 0.25) is 0 Å². The van der Waals surface area contributed by atoms with Gasteiger partial charge in [-0.25, -0.2) is 0 Å². The van der Waals surface area contributed by atoms with Gasteiger partial charge in [0.1, 0.15) is 0 Å². The second kappa shape index (κ2) is 6.14. The summed E-state index contributed by atoms with van der Waals surface area (Å²) >= 11 is 1.72. The van der Waals surface area contributed by atoms with E-state index in [1.54, 1.807) is 18.7 Å². The smallest absolute Gasteiger partial charge is 0.161 e. The largest absolute Gasteiger partial charge is 0.335 e. The zero-order valence-corrected chi connectivity index (χ0v) is 12.6. The van der Waals surface area contributed by atoms with Crippen LogP contribution in [0, 0.1) is 0 Å². The molecule has 1 atom stereocenters. The normalized spacial score (nSPS) is 17.4. The van der Waals surface area contributed by atoms with Crippen LogP contribution in [0.3, 0.4) is 0 Å². The van der Waals surface area contributed by atoms with Crippen molar-refractivity contribution >= 4 is 28.4 Å². The van der Waals surface area contributed by atoms with Gasteiger partial charge in [-0.3, -0.25) is 9.79 Å². The predicted molar refractivity (Wildman–Crippen MR) is 89.1 cm³/mol. The number of amidine groups is 1. The molecule has 0 spiro atoms. The van der Waals surface area contributed by atoms with Crippen LogP contribution in [0.5, 0.6) is 0 Å². The SMILES string of the molecule is CC(=O)c1ccc(NC2=NC(c3ccccc3)CS2)cc1. The number of hydrogen-bond acceptors (Lipinski definition) is 4. The average molecular weight is 296 g/mol. The van der Waals surface area contributed by atoms with Gasteiger partial charge in [0.25, 0.3) is 0 Å². The van der Waals surface area contributed by atoms with Crippen molar-refractivity contribution in [3.63, 3.8) is 0 Å². The Balaban J connectivity index is 1.70. The first-order valence-electron chi connectivity index (χ1n) is 6.86. The maximum Gasteiger partial charge on any atom is 0.161 e. The van der Waals surface area contributed by atoms with Crippen LogP contribution >= 0.6 is 11.8 Å². The molecule has 21 heavy (non-hydrogen) atoms. The third-order valence-corrected chi connectivity index (χ3v) is 4.34. The van der Waals surface area contributed by atoms with Gasteiger partial charge in [0.05, 0.1) is 6.04 Å². The molecule has 1 unspecified atom stereocenters. The Hall–Kier alpha value is -2.07. The first-order chi connectivity index (χ1) is 10.2. The Morgan fingerprint density at radius 3 is 2.52 bits per heavy atom. The van der Waals surface area contributed by atoms with Gasteiger partial charge in [-0.2, -0.15) is 0 Å². The van der Waals surface area contributed by atoms with Crippen molar-refractivity contribution in [3.05, 3.63) is 65.7 Å². The molecule has 2 aromatic carbocycles. The second-order valence-electron chi connectivity index (χ2n) is 4.93. The highest BCUT2D eigenvalue weighted by Gasteiger charge is 2.19. The summed E-state index contributed by atoms with van der Waals surface area (Å²) in [6.45, 7) is 1.57. The van der Waals surface area contributed by atoms with Crippen LogP contribution in [0.4, 0.5) is 5.69 Å². The van der Waals surface area contributed by atoms with Gasteiger partial charge >= 0.3 is 0 Å². The third kappa shape index (κ3) is 3.34. The summed E-state index contributed by atoms with van der Waals surface area (Å²) in [4.78, 5) is 16.0. The number of nitrogens with zero attached hydrogens (tertiary/aromatic N) is 1. The summed E-state index contributed by atoms with van der Waals surface area (Å²) in [6, 6.07) is 18.0. The number of thioether (sulfide) groups is 1. The van der Waals surface area contributed by atoms with Crippen LogP contribution in [-0.4, -0.2) is 16.7 Å². The quantitative estimate of drug-likeness (QED) is 0.865. The Kier molecular flexibility index (Phi) is 4.06. The number of carbonyl (C=O) groups excluding carboxylic acids is 1. The van der Waals surface area contributed by atoms with Gasteiger partial charge in [0.15, 0.2) is 11.0 Å². The first kappa shape index (κ1) is 13.9. The Bertz CT molecular complexity index is 665. The summed E-state index contributed by atoms with van der Waals surface area (Å²) in [5, 5.41) is 4.24. The van der Waals surface area contributed by atoms with Crippen LogP contribution < -0.4 is 5.32 Å². The number of anilines is 1. The average Bonchev–Trinajstić information content (AvgIpc) is 2.97. The summed E-state index contributed by atoms with van der Waals surface area (Å²) in [5.74, 6) is 1.04. The molecular weight excluding hydrogens is 280 g/mol. The number of carbonyl (C=O) groups is 1. The van der Waals surface area contributed by atoms with Gasteiger partial charge in [-0.15, -0.1) is 0 Å². The molecule has 0 saturated carbocycles. The number of rotatable bonds is 3. The highest BCUT2D eigenvalue weighted by molar-refractivity contribution is 8.14. The highest BCUT2D eigenvalue weighted by atomic mass is 32.2. The number of nitrogens with one attached hydrogen (secondary N) is 1. The third-order valence-electron chi connectivity index (χ3n) is 3.38. The fourth-order valence-electron chi connectivity index (χ4n) is 2.20. The topological polar surface area (TPSA) is 41.5 Å².